The molecule has 9 nitrogen and oxygen atoms in total. The first-order chi connectivity index (χ1) is 15.8. The quantitative estimate of drug-likeness (QED) is 0.430. The SMILES string of the molecule is Cc1noc(C)c1Nc1c(N2CCC[C@@H]2c2nnc(C)n2Cc2ccc(Cl)cc2)c(=O)c1=O. The van der Waals surface area contributed by atoms with E-state index in [1.807, 2.05) is 36.1 Å². The van der Waals surface area contributed by atoms with Gasteiger partial charge in [-0.25, -0.2) is 0 Å². The summed E-state index contributed by atoms with van der Waals surface area (Å²) in [5.74, 6) is 2.12. The molecule has 0 unspecified atom stereocenters. The first-order valence-electron chi connectivity index (χ1n) is 10.8. The molecular weight excluding hydrogens is 444 g/mol. The van der Waals surface area contributed by atoms with Gasteiger partial charge >= 0.3 is 0 Å². The van der Waals surface area contributed by atoms with E-state index in [-0.39, 0.29) is 11.7 Å². The second kappa shape index (κ2) is 8.15. The Balaban J connectivity index is 1.48. The molecule has 0 saturated carbocycles. The number of halogens is 1. The summed E-state index contributed by atoms with van der Waals surface area (Å²) in [6, 6.07) is 7.50. The van der Waals surface area contributed by atoms with E-state index in [0.29, 0.717) is 40.9 Å². The van der Waals surface area contributed by atoms with E-state index in [1.165, 1.54) is 0 Å². The zero-order valence-corrected chi connectivity index (χ0v) is 19.3. The highest BCUT2D eigenvalue weighted by atomic mass is 35.5. The third-order valence-corrected chi connectivity index (χ3v) is 6.48. The first-order valence-corrected chi connectivity index (χ1v) is 11.2. The molecule has 10 heteroatoms. The fourth-order valence-electron chi connectivity index (χ4n) is 4.47. The number of nitrogens with one attached hydrogen (secondary N) is 1. The van der Waals surface area contributed by atoms with Crippen LogP contribution in [-0.4, -0.2) is 26.5 Å². The number of nitrogens with zero attached hydrogens (tertiary/aromatic N) is 5. The monoisotopic (exact) mass is 466 g/mol. The van der Waals surface area contributed by atoms with Crippen LogP contribution in [0.2, 0.25) is 5.02 Å². The molecule has 0 spiro atoms. The van der Waals surface area contributed by atoms with Crippen LogP contribution in [0.3, 0.4) is 0 Å². The summed E-state index contributed by atoms with van der Waals surface area (Å²) in [5.41, 5.74) is 1.96. The number of aryl methyl sites for hydroxylation is 3. The summed E-state index contributed by atoms with van der Waals surface area (Å²) >= 11 is 6.03. The molecule has 1 atom stereocenters. The molecule has 0 radical (unpaired) electrons. The maximum absolute atomic E-state index is 12.7. The highest BCUT2D eigenvalue weighted by Gasteiger charge is 2.37. The van der Waals surface area contributed by atoms with Gasteiger partial charge in [0.15, 0.2) is 11.6 Å². The number of aromatic nitrogens is 4. The van der Waals surface area contributed by atoms with E-state index in [4.69, 9.17) is 16.1 Å². The van der Waals surface area contributed by atoms with Crippen molar-refractivity contribution >= 4 is 28.7 Å². The Labute approximate surface area is 194 Å². The molecule has 0 bridgehead atoms. The van der Waals surface area contributed by atoms with Gasteiger partial charge in [-0.2, -0.15) is 0 Å². The van der Waals surface area contributed by atoms with Gasteiger partial charge in [0.05, 0.1) is 12.6 Å². The Morgan fingerprint density at radius 2 is 1.85 bits per heavy atom. The normalized spacial score (nSPS) is 16.1. The van der Waals surface area contributed by atoms with Gasteiger partial charge < -0.3 is 19.3 Å². The fraction of sp³-hybridized carbons (Fsp3) is 0.348. The largest absolute Gasteiger partial charge is 0.359 e. The molecule has 170 valence electrons. The van der Waals surface area contributed by atoms with Gasteiger partial charge in [-0.05, 0) is 51.3 Å². The Kier molecular flexibility index (Phi) is 5.28. The van der Waals surface area contributed by atoms with Crippen molar-refractivity contribution in [1.82, 2.24) is 19.9 Å². The molecule has 1 fully saturated rings. The van der Waals surface area contributed by atoms with Gasteiger partial charge in [0, 0.05) is 11.6 Å². The zero-order chi connectivity index (χ0) is 23.3. The lowest BCUT2D eigenvalue weighted by molar-refractivity contribution is 0.393. The van der Waals surface area contributed by atoms with Crippen LogP contribution in [0.1, 0.15) is 47.5 Å². The van der Waals surface area contributed by atoms with Crippen molar-refractivity contribution in [2.45, 2.75) is 46.2 Å². The molecule has 0 aliphatic carbocycles. The predicted molar refractivity (Wildman–Crippen MR) is 125 cm³/mol. The van der Waals surface area contributed by atoms with Gasteiger partial charge in [-0.15, -0.1) is 10.2 Å². The predicted octanol–water partition coefficient (Wildman–Crippen LogP) is 3.57. The number of hydrogen-bond donors (Lipinski definition) is 1. The second-order valence-corrected chi connectivity index (χ2v) is 8.81. The van der Waals surface area contributed by atoms with Crippen LogP contribution in [0, 0.1) is 20.8 Å². The Hall–Kier alpha value is -3.46. The van der Waals surface area contributed by atoms with Crippen LogP contribution < -0.4 is 21.1 Å². The molecule has 1 N–H and O–H groups in total. The maximum Gasteiger partial charge on any atom is 0.253 e. The molecule has 3 heterocycles. The first kappa shape index (κ1) is 21.4. The van der Waals surface area contributed by atoms with Crippen molar-refractivity contribution in [2.24, 2.45) is 0 Å². The van der Waals surface area contributed by atoms with Gasteiger partial charge in [-0.3, -0.25) is 9.59 Å². The van der Waals surface area contributed by atoms with E-state index in [2.05, 4.69) is 25.2 Å². The molecule has 1 saturated heterocycles. The van der Waals surface area contributed by atoms with E-state index in [9.17, 15) is 9.59 Å². The van der Waals surface area contributed by atoms with Crippen molar-refractivity contribution < 1.29 is 4.52 Å². The van der Waals surface area contributed by atoms with E-state index in [1.54, 1.807) is 13.8 Å². The molecule has 1 aliphatic heterocycles. The Morgan fingerprint density at radius 3 is 2.55 bits per heavy atom. The molecule has 2 aromatic heterocycles. The summed E-state index contributed by atoms with van der Waals surface area (Å²) in [5, 5.41) is 16.5. The van der Waals surface area contributed by atoms with Crippen molar-refractivity contribution in [3.05, 3.63) is 78.4 Å². The van der Waals surface area contributed by atoms with E-state index >= 15 is 0 Å². The van der Waals surface area contributed by atoms with Crippen molar-refractivity contribution in [3.63, 3.8) is 0 Å². The van der Waals surface area contributed by atoms with Crippen LogP contribution in [0.25, 0.3) is 0 Å². The zero-order valence-electron chi connectivity index (χ0n) is 18.6. The average Bonchev–Trinajstić information content (AvgIpc) is 3.50. The minimum Gasteiger partial charge on any atom is -0.359 e. The lowest BCUT2D eigenvalue weighted by atomic mass is 10.1. The highest BCUT2D eigenvalue weighted by molar-refractivity contribution is 6.30. The van der Waals surface area contributed by atoms with Crippen molar-refractivity contribution in [3.8, 4) is 0 Å². The number of rotatable bonds is 6. The lowest BCUT2D eigenvalue weighted by Crippen LogP contribution is -2.42. The minimum absolute atomic E-state index is 0.160. The van der Waals surface area contributed by atoms with Gasteiger partial charge in [0.1, 0.15) is 28.6 Å². The summed E-state index contributed by atoms with van der Waals surface area (Å²) in [7, 11) is 0. The summed E-state index contributed by atoms with van der Waals surface area (Å²) in [6.45, 7) is 6.69. The molecule has 4 aromatic rings. The third-order valence-electron chi connectivity index (χ3n) is 6.22. The van der Waals surface area contributed by atoms with Crippen LogP contribution >= 0.6 is 11.6 Å². The summed E-state index contributed by atoms with van der Waals surface area (Å²) < 4.78 is 7.24. The summed E-state index contributed by atoms with van der Waals surface area (Å²) in [4.78, 5) is 27.1. The lowest BCUT2D eigenvalue weighted by Gasteiger charge is -2.29. The fourth-order valence-corrected chi connectivity index (χ4v) is 4.60. The van der Waals surface area contributed by atoms with E-state index in [0.717, 1.165) is 30.1 Å². The molecular formula is C23H23ClN6O3. The van der Waals surface area contributed by atoms with Crippen LogP contribution in [0.15, 0.2) is 38.4 Å². The molecule has 0 amide bonds. The topological polar surface area (TPSA) is 106 Å². The Morgan fingerprint density at radius 1 is 1.09 bits per heavy atom. The van der Waals surface area contributed by atoms with Crippen molar-refractivity contribution in [1.29, 1.82) is 0 Å². The third kappa shape index (κ3) is 3.62. The average molecular weight is 467 g/mol. The van der Waals surface area contributed by atoms with Gasteiger partial charge in [0.2, 0.25) is 0 Å². The number of anilines is 3. The van der Waals surface area contributed by atoms with Crippen molar-refractivity contribution in [2.75, 3.05) is 16.8 Å². The molecule has 33 heavy (non-hydrogen) atoms. The van der Waals surface area contributed by atoms with Crippen LogP contribution in [-0.2, 0) is 6.54 Å². The number of hydrogen-bond acceptors (Lipinski definition) is 8. The maximum atomic E-state index is 12.7. The Bertz CT molecular complexity index is 1380. The molecule has 2 aromatic carbocycles. The van der Waals surface area contributed by atoms with Gasteiger partial charge in [-0.1, -0.05) is 28.9 Å². The van der Waals surface area contributed by atoms with E-state index < -0.39 is 10.9 Å². The van der Waals surface area contributed by atoms with Gasteiger partial charge in [0.25, 0.3) is 10.9 Å². The smallest absolute Gasteiger partial charge is 0.253 e. The minimum atomic E-state index is -0.533. The summed E-state index contributed by atoms with van der Waals surface area (Å²) in [6.07, 6.45) is 1.68. The van der Waals surface area contributed by atoms with Crippen LogP contribution in [0.4, 0.5) is 17.1 Å². The number of benzene rings is 1. The highest BCUT2D eigenvalue weighted by Crippen LogP contribution is 2.38. The van der Waals surface area contributed by atoms with Crippen LogP contribution in [0.5, 0.6) is 0 Å². The molecule has 1 aliphatic rings. The molecule has 5 rings (SSSR count). The standard InChI is InChI=1S/C23H23ClN6O3/c1-12-18(13(2)33-28-12)25-19-20(22(32)21(19)31)29-10-4-5-17(29)23-27-26-14(3)30(23)11-15-6-8-16(24)9-7-15/h6-9,17,25H,4-5,10-11H2,1-3H3/t17-/m1/s1. The second-order valence-electron chi connectivity index (χ2n) is 8.38.